The summed E-state index contributed by atoms with van der Waals surface area (Å²) in [7, 11) is 0. The molecule has 0 aromatic carbocycles. The predicted molar refractivity (Wildman–Crippen MR) is 73.6 cm³/mol. The topological polar surface area (TPSA) is 78.9 Å². The van der Waals surface area contributed by atoms with Crippen molar-refractivity contribution in [2.24, 2.45) is 0 Å². The minimum absolute atomic E-state index is 0.0125. The number of nitrogens with one attached hydrogen (secondary N) is 1. The minimum atomic E-state index is -0.847. The van der Waals surface area contributed by atoms with Gasteiger partial charge in [0.2, 0.25) is 0 Å². The van der Waals surface area contributed by atoms with Gasteiger partial charge in [0.05, 0.1) is 18.1 Å². The Morgan fingerprint density at radius 3 is 2.70 bits per heavy atom. The standard InChI is InChI=1S/C14H24N2O4/c1-11-10-16(7-4-8-20-11)13(19)15-14(9-12(17)18)5-2-3-6-14/h11H,2-10H2,1H3,(H,15,19)(H,17,18). The monoisotopic (exact) mass is 284 g/mol. The van der Waals surface area contributed by atoms with E-state index in [1.54, 1.807) is 4.90 Å². The Balaban J connectivity index is 1.98. The zero-order chi connectivity index (χ0) is 14.6. The van der Waals surface area contributed by atoms with Crippen LogP contribution in [-0.4, -0.2) is 53.3 Å². The number of carboxylic acid groups (broad SMARTS) is 1. The number of ether oxygens (including phenoxy) is 1. The second-order valence-corrected chi connectivity index (χ2v) is 5.97. The molecule has 20 heavy (non-hydrogen) atoms. The molecule has 1 aliphatic carbocycles. The van der Waals surface area contributed by atoms with Gasteiger partial charge in [-0.15, -0.1) is 0 Å². The summed E-state index contributed by atoms with van der Waals surface area (Å²) in [5.74, 6) is -0.847. The summed E-state index contributed by atoms with van der Waals surface area (Å²) in [5, 5.41) is 12.1. The lowest BCUT2D eigenvalue weighted by Gasteiger charge is -2.32. The Labute approximate surface area is 119 Å². The molecule has 0 bridgehead atoms. The quantitative estimate of drug-likeness (QED) is 0.825. The van der Waals surface area contributed by atoms with Gasteiger partial charge in [-0.3, -0.25) is 4.79 Å². The van der Waals surface area contributed by atoms with Crippen LogP contribution in [0.15, 0.2) is 0 Å². The van der Waals surface area contributed by atoms with E-state index in [4.69, 9.17) is 9.84 Å². The fraction of sp³-hybridized carbons (Fsp3) is 0.857. The van der Waals surface area contributed by atoms with Crippen LogP contribution in [0.3, 0.4) is 0 Å². The molecule has 1 saturated carbocycles. The van der Waals surface area contributed by atoms with Crippen molar-refractivity contribution in [1.82, 2.24) is 10.2 Å². The van der Waals surface area contributed by atoms with E-state index >= 15 is 0 Å². The molecule has 2 amide bonds. The van der Waals surface area contributed by atoms with Crippen LogP contribution >= 0.6 is 0 Å². The van der Waals surface area contributed by atoms with Crippen LogP contribution in [0.5, 0.6) is 0 Å². The van der Waals surface area contributed by atoms with Crippen LogP contribution in [0.2, 0.25) is 0 Å². The number of hydrogen-bond acceptors (Lipinski definition) is 3. The van der Waals surface area contributed by atoms with Crippen molar-refractivity contribution in [3.8, 4) is 0 Å². The highest BCUT2D eigenvalue weighted by Crippen LogP contribution is 2.32. The SMILES string of the molecule is CC1CN(C(=O)NC2(CC(=O)O)CCCC2)CCCO1. The van der Waals surface area contributed by atoms with Gasteiger partial charge in [0.15, 0.2) is 0 Å². The highest BCUT2D eigenvalue weighted by atomic mass is 16.5. The maximum Gasteiger partial charge on any atom is 0.317 e. The second-order valence-electron chi connectivity index (χ2n) is 5.97. The zero-order valence-corrected chi connectivity index (χ0v) is 12.1. The van der Waals surface area contributed by atoms with Crippen LogP contribution in [0.25, 0.3) is 0 Å². The van der Waals surface area contributed by atoms with Crippen molar-refractivity contribution < 1.29 is 19.4 Å². The van der Waals surface area contributed by atoms with E-state index in [0.717, 1.165) is 32.1 Å². The van der Waals surface area contributed by atoms with Crippen molar-refractivity contribution in [1.29, 1.82) is 0 Å². The third-order valence-corrected chi connectivity index (χ3v) is 4.16. The predicted octanol–water partition coefficient (Wildman–Crippen LogP) is 1.59. The van der Waals surface area contributed by atoms with Crippen molar-refractivity contribution in [2.45, 2.75) is 57.1 Å². The van der Waals surface area contributed by atoms with Crippen LogP contribution in [0.1, 0.15) is 45.4 Å². The number of nitrogens with zero attached hydrogens (tertiary/aromatic N) is 1. The first-order valence-corrected chi connectivity index (χ1v) is 7.41. The van der Waals surface area contributed by atoms with Gasteiger partial charge in [-0.25, -0.2) is 4.79 Å². The molecule has 1 atom stereocenters. The van der Waals surface area contributed by atoms with Crippen LogP contribution < -0.4 is 5.32 Å². The van der Waals surface area contributed by atoms with Crippen molar-refractivity contribution in [2.75, 3.05) is 19.7 Å². The average Bonchev–Trinajstić information content (AvgIpc) is 2.68. The van der Waals surface area contributed by atoms with E-state index < -0.39 is 11.5 Å². The molecule has 6 nitrogen and oxygen atoms in total. The Hall–Kier alpha value is -1.30. The van der Waals surface area contributed by atoms with Gasteiger partial charge in [-0.1, -0.05) is 12.8 Å². The number of hydrogen-bond donors (Lipinski definition) is 2. The number of carboxylic acids is 1. The first-order chi connectivity index (χ1) is 9.51. The maximum atomic E-state index is 12.4. The number of urea groups is 1. The normalized spacial score (nSPS) is 26.1. The lowest BCUT2D eigenvalue weighted by molar-refractivity contribution is -0.138. The molecule has 2 rings (SSSR count). The molecule has 0 aromatic rings. The number of carbonyl (C=O) groups excluding carboxylic acids is 1. The van der Waals surface area contributed by atoms with Crippen molar-refractivity contribution >= 4 is 12.0 Å². The Morgan fingerprint density at radius 1 is 1.35 bits per heavy atom. The third-order valence-electron chi connectivity index (χ3n) is 4.16. The van der Waals surface area contributed by atoms with Crippen LogP contribution in [0.4, 0.5) is 4.79 Å². The van der Waals surface area contributed by atoms with E-state index in [1.807, 2.05) is 6.92 Å². The molecule has 0 spiro atoms. The van der Waals surface area contributed by atoms with Gasteiger partial charge in [0.25, 0.3) is 0 Å². The minimum Gasteiger partial charge on any atom is -0.481 e. The second kappa shape index (κ2) is 6.43. The molecule has 0 radical (unpaired) electrons. The summed E-state index contributed by atoms with van der Waals surface area (Å²) >= 11 is 0. The van der Waals surface area contributed by atoms with Gasteiger partial charge in [-0.05, 0) is 26.2 Å². The van der Waals surface area contributed by atoms with Crippen molar-refractivity contribution in [3.63, 3.8) is 0 Å². The summed E-state index contributed by atoms with van der Waals surface area (Å²) < 4.78 is 5.53. The van der Waals surface area contributed by atoms with E-state index in [9.17, 15) is 9.59 Å². The Kier molecular flexibility index (Phi) is 4.86. The zero-order valence-electron chi connectivity index (χ0n) is 12.1. The number of carbonyl (C=O) groups is 2. The summed E-state index contributed by atoms with van der Waals surface area (Å²) in [5.41, 5.74) is -0.556. The summed E-state index contributed by atoms with van der Waals surface area (Å²) in [6.07, 6.45) is 4.33. The smallest absolute Gasteiger partial charge is 0.317 e. The fourth-order valence-electron chi connectivity index (χ4n) is 3.17. The molecule has 1 heterocycles. The summed E-state index contributed by atoms with van der Waals surface area (Å²) in [6.45, 7) is 3.85. The molecular weight excluding hydrogens is 260 g/mol. The molecule has 1 aliphatic heterocycles. The first-order valence-electron chi connectivity index (χ1n) is 7.41. The van der Waals surface area contributed by atoms with E-state index in [0.29, 0.717) is 19.7 Å². The average molecular weight is 284 g/mol. The van der Waals surface area contributed by atoms with Gasteiger partial charge in [0, 0.05) is 19.7 Å². The lowest BCUT2D eigenvalue weighted by atomic mass is 9.93. The first kappa shape index (κ1) is 15.1. The van der Waals surface area contributed by atoms with Gasteiger partial charge >= 0.3 is 12.0 Å². The van der Waals surface area contributed by atoms with Crippen LogP contribution in [0, 0.1) is 0 Å². The molecule has 6 heteroatoms. The summed E-state index contributed by atoms with van der Waals surface area (Å²) in [4.78, 5) is 25.2. The lowest BCUT2D eigenvalue weighted by Crippen LogP contribution is -2.53. The number of rotatable bonds is 3. The number of aliphatic carboxylic acids is 1. The third kappa shape index (κ3) is 3.85. The van der Waals surface area contributed by atoms with Crippen LogP contribution in [-0.2, 0) is 9.53 Å². The van der Waals surface area contributed by atoms with E-state index in [2.05, 4.69) is 5.32 Å². The van der Waals surface area contributed by atoms with E-state index in [-0.39, 0.29) is 18.6 Å². The number of amides is 2. The van der Waals surface area contributed by atoms with Gasteiger partial charge in [-0.2, -0.15) is 0 Å². The Bertz CT molecular complexity index is 366. The highest BCUT2D eigenvalue weighted by molar-refractivity contribution is 5.77. The largest absolute Gasteiger partial charge is 0.481 e. The molecule has 1 saturated heterocycles. The molecular formula is C14H24N2O4. The van der Waals surface area contributed by atoms with Gasteiger partial charge < -0.3 is 20.1 Å². The molecule has 2 N–H and O–H groups in total. The molecule has 1 unspecified atom stereocenters. The van der Waals surface area contributed by atoms with E-state index in [1.165, 1.54) is 0 Å². The van der Waals surface area contributed by atoms with Crippen molar-refractivity contribution in [3.05, 3.63) is 0 Å². The Morgan fingerprint density at radius 2 is 2.05 bits per heavy atom. The highest BCUT2D eigenvalue weighted by Gasteiger charge is 2.38. The van der Waals surface area contributed by atoms with Gasteiger partial charge in [0.1, 0.15) is 0 Å². The molecule has 2 aliphatic rings. The molecule has 0 aromatic heterocycles. The maximum absolute atomic E-state index is 12.4. The fourth-order valence-corrected chi connectivity index (χ4v) is 3.17. The molecule has 114 valence electrons. The molecule has 2 fully saturated rings. The summed E-state index contributed by atoms with van der Waals surface area (Å²) in [6, 6.07) is -0.148.